The largest absolute Gasteiger partial charge is 0.357 e. The highest BCUT2D eigenvalue weighted by atomic mass is 79.9. The van der Waals surface area contributed by atoms with Gasteiger partial charge in [0.25, 0.3) is 0 Å². The Labute approximate surface area is 104 Å². The SMILES string of the molecule is CC(C)N(C)c1ccc2cc(Br)ccc2n1. The summed E-state index contributed by atoms with van der Waals surface area (Å²) in [5.74, 6) is 1.02. The van der Waals surface area contributed by atoms with Crippen molar-refractivity contribution in [3.63, 3.8) is 0 Å². The van der Waals surface area contributed by atoms with Crippen LogP contribution in [0.5, 0.6) is 0 Å². The molecule has 16 heavy (non-hydrogen) atoms. The van der Waals surface area contributed by atoms with Crippen molar-refractivity contribution in [1.82, 2.24) is 4.98 Å². The fourth-order valence-corrected chi connectivity index (χ4v) is 1.93. The minimum absolute atomic E-state index is 0.459. The monoisotopic (exact) mass is 278 g/mol. The first-order valence-corrected chi connectivity index (χ1v) is 6.16. The van der Waals surface area contributed by atoms with Crippen molar-refractivity contribution < 1.29 is 0 Å². The van der Waals surface area contributed by atoms with Crippen LogP contribution in [0.3, 0.4) is 0 Å². The summed E-state index contributed by atoms with van der Waals surface area (Å²) >= 11 is 3.46. The average Bonchev–Trinajstić information content (AvgIpc) is 2.27. The molecule has 2 rings (SSSR count). The molecule has 2 nitrogen and oxygen atoms in total. The Hall–Kier alpha value is -1.09. The van der Waals surface area contributed by atoms with Crippen LogP contribution in [0.4, 0.5) is 5.82 Å². The predicted octanol–water partition coefficient (Wildman–Crippen LogP) is 3.84. The number of pyridine rings is 1. The van der Waals surface area contributed by atoms with Gasteiger partial charge in [0.2, 0.25) is 0 Å². The molecule has 0 spiro atoms. The number of hydrogen-bond donors (Lipinski definition) is 0. The summed E-state index contributed by atoms with van der Waals surface area (Å²) < 4.78 is 1.09. The van der Waals surface area contributed by atoms with Gasteiger partial charge in [-0.3, -0.25) is 0 Å². The number of hydrogen-bond acceptors (Lipinski definition) is 2. The number of fused-ring (bicyclic) bond motifs is 1. The lowest BCUT2D eigenvalue weighted by molar-refractivity contribution is 0.745. The Morgan fingerprint density at radius 3 is 2.62 bits per heavy atom. The summed E-state index contributed by atoms with van der Waals surface area (Å²) in [6.45, 7) is 4.32. The van der Waals surface area contributed by atoms with Gasteiger partial charge >= 0.3 is 0 Å². The van der Waals surface area contributed by atoms with Gasteiger partial charge in [-0.1, -0.05) is 15.9 Å². The van der Waals surface area contributed by atoms with E-state index in [2.05, 4.69) is 64.9 Å². The summed E-state index contributed by atoms with van der Waals surface area (Å²) in [6, 6.07) is 10.8. The molecule has 0 saturated carbocycles. The Bertz CT molecular complexity index is 508. The van der Waals surface area contributed by atoms with Crippen molar-refractivity contribution >= 4 is 32.7 Å². The summed E-state index contributed by atoms with van der Waals surface area (Å²) in [6.07, 6.45) is 0. The van der Waals surface area contributed by atoms with E-state index in [9.17, 15) is 0 Å². The van der Waals surface area contributed by atoms with Crippen LogP contribution in [-0.4, -0.2) is 18.1 Å². The smallest absolute Gasteiger partial charge is 0.129 e. The van der Waals surface area contributed by atoms with Crippen LogP contribution in [0.15, 0.2) is 34.8 Å². The summed E-state index contributed by atoms with van der Waals surface area (Å²) in [5, 5.41) is 1.16. The molecule has 0 atom stereocenters. The van der Waals surface area contributed by atoms with E-state index in [-0.39, 0.29) is 0 Å². The van der Waals surface area contributed by atoms with Gasteiger partial charge in [0.05, 0.1) is 5.52 Å². The normalized spacial score (nSPS) is 11.1. The second-order valence-electron chi connectivity index (χ2n) is 4.21. The minimum atomic E-state index is 0.459. The van der Waals surface area contributed by atoms with Crippen LogP contribution >= 0.6 is 15.9 Å². The van der Waals surface area contributed by atoms with E-state index in [0.29, 0.717) is 6.04 Å². The molecule has 0 N–H and O–H groups in total. The van der Waals surface area contributed by atoms with Crippen LogP contribution in [0.25, 0.3) is 10.9 Å². The summed E-state index contributed by atoms with van der Waals surface area (Å²) in [5.41, 5.74) is 1.04. The van der Waals surface area contributed by atoms with Crippen molar-refractivity contribution in [1.29, 1.82) is 0 Å². The number of rotatable bonds is 2. The number of benzene rings is 1. The van der Waals surface area contributed by atoms with Gasteiger partial charge in [0.15, 0.2) is 0 Å². The lowest BCUT2D eigenvalue weighted by atomic mass is 10.2. The van der Waals surface area contributed by atoms with Gasteiger partial charge in [-0.2, -0.15) is 0 Å². The molecule has 0 bridgehead atoms. The second kappa shape index (κ2) is 4.42. The van der Waals surface area contributed by atoms with Gasteiger partial charge in [0.1, 0.15) is 5.82 Å². The van der Waals surface area contributed by atoms with Gasteiger partial charge < -0.3 is 4.90 Å². The van der Waals surface area contributed by atoms with Crippen LogP contribution in [0.1, 0.15) is 13.8 Å². The fraction of sp³-hybridized carbons (Fsp3) is 0.308. The maximum absolute atomic E-state index is 4.64. The van der Waals surface area contributed by atoms with Gasteiger partial charge in [-0.15, -0.1) is 0 Å². The van der Waals surface area contributed by atoms with Crippen molar-refractivity contribution in [3.05, 3.63) is 34.8 Å². The lowest BCUT2D eigenvalue weighted by Gasteiger charge is -2.22. The average molecular weight is 279 g/mol. The number of halogens is 1. The van der Waals surface area contributed by atoms with E-state index < -0.39 is 0 Å². The molecule has 1 heterocycles. The fourth-order valence-electron chi connectivity index (χ4n) is 1.55. The van der Waals surface area contributed by atoms with Crippen molar-refractivity contribution in [3.8, 4) is 0 Å². The Balaban J connectivity index is 2.48. The predicted molar refractivity (Wildman–Crippen MR) is 73.0 cm³/mol. The summed E-state index contributed by atoms with van der Waals surface area (Å²) in [7, 11) is 2.07. The third kappa shape index (κ3) is 2.19. The molecule has 0 unspecified atom stereocenters. The van der Waals surface area contributed by atoms with Crippen molar-refractivity contribution in [2.24, 2.45) is 0 Å². The van der Waals surface area contributed by atoms with E-state index in [1.165, 1.54) is 0 Å². The van der Waals surface area contributed by atoms with Crippen LogP contribution in [0, 0.1) is 0 Å². The van der Waals surface area contributed by atoms with E-state index in [1.54, 1.807) is 0 Å². The minimum Gasteiger partial charge on any atom is -0.357 e. The third-order valence-electron chi connectivity index (χ3n) is 2.77. The third-order valence-corrected chi connectivity index (χ3v) is 3.27. The zero-order valence-electron chi connectivity index (χ0n) is 9.74. The molecule has 0 aliphatic carbocycles. The first kappa shape index (κ1) is 11.4. The standard InChI is InChI=1S/C13H15BrN2/c1-9(2)16(3)13-7-4-10-8-11(14)5-6-12(10)15-13/h4-9H,1-3H3. The molecule has 0 radical (unpaired) electrons. The molecule has 84 valence electrons. The molecule has 0 saturated heterocycles. The maximum Gasteiger partial charge on any atom is 0.129 e. The van der Waals surface area contributed by atoms with Crippen LogP contribution in [0.2, 0.25) is 0 Å². The Morgan fingerprint density at radius 2 is 1.94 bits per heavy atom. The molecular formula is C13H15BrN2. The van der Waals surface area contributed by atoms with E-state index in [1.807, 2.05) is 12.1 Å². The first-order valence-electron chi connectivity index (χ1n) is 5.37. The van der Waals surface area contributed by atoms with Gasteiger partial charge in [-0.05, 0) is 44.2 Å². The highest BCUT2D eigenvalue weighted by molar-refractivity contribution is 9.10. The van der Waals surface area contributed by atoms with Crippen molar-refractivity contribution in [2.45, 2.75) is 19.9 Å². The number of aromatic nitrogens is 1. The topological polar surface area (TPSA) is 16.1 Å². The summed E-state index contributed by atoms with van der Waals surface area (Å²) in [4.78, 5) is 6.81. The van der Waals surface area contributed by atoms with Gasteiger partial charge in [0, 0.05) is 22.9 Å². The molecule has 3 heteroatoms. The maximum atomic E-state index is 4.64. The zero-order valence-corrected chi connectivity index (χ0v) is 11.3. The highest BCUT2D eigenvalue weighted by Gasteiger charge is 2.06. The van der Waals surface area contributed by atoms with E-state index >= 15 is 0 Å². The Kier molecular flexibility index (Phi) is 3.15. The first-order chi connectivity index (χ1) is 7.58. The zero-order chi connectivity index (χ0) is 11.7. The quantitative estimate of drug-likeness (QED) is 0.830. The lowest BCUT2D eigenvalue weighted by Crippen LogP contribution is -2.26. The molecule has 0 aliphatic heterocycles. The second-order valence-corrected chi connectivity index (χ2v) is 5.13. The van der Waals surface area contributed by atoms with Crippen molar-refractivity contribution in [2.75, 3.05) is 11.9 Å². The molecule has 1 aromatic carbocycles. The highest BCUT2D eigenvalue weighted by Crippen LogP contribution is 2.21. The molecule has 0 fully saturated rings. The van der Waals surface area contributed by atoms with E-state index in [4.69, 9.17) is 0 Å². The molecule has 0 amide bonds. The molecule has 2 aromatic rings. The van der Waals surface area contributed by atoms with E-state index in [0.717, 1.165) is 21.2 Å². The Morgan fingerprint density at radius 1 is 1.19 bits per heavy atom. The van der Waals surface area contributed by atoms with Crippen LogP contribution in [-0.2, 0) is 0 Å². The van der Waals surface area contributed by atoms with Crippen LogP contribution < -0.4 is 4.90 Å². The molecular weight excluding hydrogens is 264 g/mol. The number of anilines is 1. The molecule has 0 aliphatic rings. The number of nitrogens with zero attached hydrogens (tertiary/aromatic N) is 2. The molecule has 1 aromatic heterocycles. The van der Waals surface area contributed by atoms with Gasteiger partial charge in [-0.25, -0.2) is 4.98 Å².